The molecule has 0 aliphatic heterocycles. The molecule has 0 aliphatic carbocycles. The van der Waals surface area contributed by atoms with Crippen LogP contribution in [-0.4, -0.2) is 27.5 Å². The number of nitrogens with one attached hydrogen (secondary N) is 1. The molecule has 1 aromatic rings. The van der Waals surface area contributed by atoms with Crippen molar-refractivity contribution >= 4 is 33.6 Å². The van der Waals surface area contributed by atoms with Gasteiger partial charge in [0.25, 0.3) is 0 Å². The normalized spacial score (nSPS) is 11.0. The number of rotatable bonds is 4. The summed E-state index contributed by atoms with van der Waals surface area (Å²) in [4.78, 5) is 26.1. The number of nitrogens with zero attached hydrogens (tertiary/aromatic N) is 1. The van der Waals surface area contributed by atoms with Gasteiger partial charge in [0, 0.05) is 10.7 Å². The Morgan fingerprint density at radius 1 is 1.53 bits per heavy atom. The third-order valence-corrected chi connectivity index (χ3v) is 2.57. The molecule has 0 aliphatic rings. The van der Waals surface area contributed by atoms with Gasteiger partial charge in [-0.1, -0.05) is 0 Å². The first-order chi connectivity index (χ1) is 7.74. The second-order valence-corrected chi connectivity index (χ2v) is 4.88. The van der Waals surface area contributed by atoms with Crippen LogP contribution in [0.1, 0.15) is 24.2 Å². The van der Waals surface area contributed by atoms with E-state index in [2.05, 4.69) is 26.2 Å². The maximum absolute atomic E-state index is 11.1. The number of carbonyl (C=O) groups excluding carboxylic acids is 1. The number of hydrogen-bond donors (Lipinski definition) is 3. The van der Waals surface area contributed by atoms with Gasteiger partial charge in [0.2, 0.25) is 5.91 Å². The van der Waals surface area contributed by atoms with Crippen molar-refractivity contribution in [1.82, 2.24) is 4.98 Å². The summed E-state index contributed by atoms with van der Waals surface area (Å²) >= 11 is 3.13. The smallest absolute Gasteiger partial charge is 0.339 e. The Kier molecular flexibility index (Phi) is 3.72. The zero-order chi connectivity index (χ0) is 13.2. The van der Waals surface area contributed by atoms with E-state index in [1.54, 1.807) is 13.8 Å². The van der Waals surface area contributed by atoms with Gasteiger partial charge in [-0.15, -0.1) is 0 Å². The van der Waals surface area contributed by atoms with Gasteiger partial charge in [0.1, 0.15) is 16.9 Å². The zero-order valence-corrected chi connectivity index (χ0v) is 10.9. The van der Waals surface area contributed by atoms with Crippen LogP contribution in [0, 0.1) is 0 Å². The fraction of sp³-hybridized carbons (Fsp3) is 0.300. The first-order valence-electron chi connectivity index (χ1n) is 4.71. The van der Waals surface area contributed by atoms with Gasteiger partial charge in [0.05, 0.1) is 0 Å². The van der Waals surface area contributed by atoms with Crippen LogP contribution in [0.25, 0.3) is 0 Å². The molecule has 4 N–H and O–H groups in total. The molecule has 0 saturated carbocycles. The van der Waals surface area contributed by atoms with Crippen molar-refractivity contribution in [3.8, 4) is 0 Å². The summed E-state index contributed by atoms with van der Waals surface area (Å²) in [5.74, 6) is -1.63. The Morgan fingerprint density at radius 2 is 2.12 bits per heavy atom. The molecule has 0 saturated heterocycles. The van der Waals surface area contributed by atoms with Crippen LogP contribution in [0.3, 0.4) is 0 Å². The molecule has 0 bridgehead atoms. The Bertz CT molecular complexity index is 474. The van der Waals surface area contributed by atoms with E-state index in [-0.39, 0.29) is 11.4 Å². The van der Waals surface area contributed by atoms with E-state index in [9.17, 15) is 9.59 Å². The molecule has 17 heavy (non-hydrogen) atoms. The highest BCUT2D eigenvalue weighted by Gasteiger charge is 2.27. The third-order valence-electron chi connectivity index (χ3n) is 2.13. The van der Waals surface area contributed by atoms with Crippen molar-refractivity contribution in [2.75, 3.05) is 5.32 Å². The molecule has 0 unspecified atom stereocenters. The van der Waals surface area contributed by atoms with Crippen LogP contribution in [0.5, 0.6) is 0 Å². The number of aromatic carboxylic acids is 1. The Hall–Kier alpha value is -1.63. The zero-order valence-electron chi connectivity index (χ0n) is 9.32. The molecule has 0 radical (unpaired) electrons. The number of aromatic nitrogens is 1. The third kappa shape index (κ3) is 3.16. The van der Waals surface area contributed by atoms with Crippen molar-refractivity contribution < 1.29 is 14.7 Å². The number of nitrogens with two attached hydrogens (primary N) is 1. The molecule has 1 amide bonds. The molecular weight excluding hydrogens is 290 g/mol. The van der Waals surface area contributed by atoms with Crippen LogP contribution in [0.4, 0.5) is 5.82 Å². The topological polar surface area (TPSA) is 105 Å². The lowest BCUT2D eigenvalue weighted by atomic mass is 10.0. The summed E-state index contributed by atoms with van der Waals surface area (Å²) in [5.41, 5.74) is 4.08. The number of primary amides is 1. The van der Waals surface area contributed by atoms with Crippen molar-refractivity contribution in [1.29, 1.82) is 0 Å². The minimum Gasteiger partial charge on any atom is -0.478 e. The largest absolute Gasteiger partial charge is 0.478 e. The minimum atomic E-state index is -1.14. The van der Waals surface area contributed by atoms with E-state index < -0.39 is 17.4 Å². The molecule has 1 rings (SSSR count). The first-order valence-corrected chi connectivity index (χ1v) is 5.50. The average Bonchev–Trinajstić information content (AvgIpc) is 2.19. The summed E-state index contributed by atoms with van der Waals surface area (Å²) in [6.45, 7) is 3.09. The van der Waals surface area contributed by atoms with E-state index in [1.165, 1.54) is 12.3 Å². The van der Waals surface area contributed by atoms with Crippen LogP contribution < -0.4 is 11.1 Å². The van der Waals surface area contributed by atoms with Crippen molar-refractivity contribution in [2.24, 2.45) is 5.73 Å². The molecule has 1 aromatic heterocycles. The van der Waals surface area contributed by atoms with Crippen LogP contribution in [0.15, 0.2) is 16.7 Å². The molecule has 0 atom stereocenters. The lowest BCUT2D eigenvalue weighted by Gasteiger charge is -2.23. The van der Waals surface area contributed by atoms with E-state index in [0.29, 0.717) is 4.47 Å². The van der Waals surface area contributed by atoms with Crippen LogP contribution >= 0.6 is 15.9 Å². The molecule has 6 nitrogen and oxygen atoms in total. The van der Waals surface area contributed by atoms with Gasteiger partial charge < -0.3 is 16.2 Å². The fourth-order valence-corrected chi connectivity index (χ4v) is 1.39. The standard InChI is InChI=1S/C10H12BrN3O3/c1-10(2,9(12)17)14-7-6(8(15)16)3-5(11)4-13-7/h3-4H,1-2H3,(H2,12,17)(H,13,14)(H,15,16). The van der Waals surface area contributed by atoms with Crippen molar-refractivity contribution in [2.45, 2.75) is 19.4 Å². The number of hydrogen-bond acceptors (Lipinski definition) is 4. The van der Waals surface area contributed by atoms with Gasteiger partial charge in [-0.05, 0) is 35.8 Å². The van der Waals surface area contributed by atoms with Crippen LogP contribution in [0.2, 0.25) is 0 Å². The molecule has 7 heteroatoms. The quantitative estimate of drug-likeness (QED) is 0.775. The molecule has 0 spiro atoms. The summed E-state index contributed by atoms with van der Waals surface area (Å²) in [6.07, 6.45) is 1.44. The SMILES string of the molecule is CC(C)(Nc1ncc(Br)cc1C(=O)O)C(N)=O. The fourth-order valence-electron chi connectivity index (χ4n) is 1.06. The number of halogens is 1. The Labute approximate surface area is 106 Å². The number of carboxylic acid groups (broad SMARTS) is 1. The molecular formula is C10H12BrN3O3. The van der Waals surface area contributed by atoms with Gasteiger partial charge in [-0.2, -0.15) is 0 Å². The lowest BCUT2D eigenvalue weighted by molar-refractivity contribution is -0.121. The molecule has 0 aromatic carbocycles. The second kappa shape index (κ2) is 4.70. The van der Waals surface area contributed by atoms with E-state index in [4.69, 9.17) is 10.8 Å². The predicted molar refractivity (Wildman–Crippen MR) is 65.8 cm³/mol. The van der Waals surface area contributed by atoms with E-state index in [0.717, 1.165) is 0 Å². The van der Waals surface area contributed by atoms with Crippen molar-refractivity contribution in [3.05, 3.63) is 22.3 Å². The summed E-state index contributed by atoms with van der Waals surface area (Å²) < 4.78 is 0.539. The maximum Gasteiger partial charge on any atom is 0.339 e. The van der Waals surface area contributed by atoms with Crippen LogP contribution in [-0.2, 0) is 4.79 Å². The summed E-state index contributed by atoms with van der Waals surface area (Å²) in [7, 11) is 0. The first kappa shape index (κ1) is 13.4. The maximum atomic E-state index is 11.1. The van der Waals surface area contributed by atoms with Gasteiger partial charge in [-0.3, -0.25) is 4.79 Å². The molecule has 92 valence electrons. The van der Waals surface area contributed by atoms with Gasteiger partial charge in [0.15, 0.2) is 0 Å². The van der Waals surface area contributed by atoms with E-state index >= 15 is 0 Å². The number of carbonyl (C=O) groups is 2. The Morgan fingerprint density at radius 3 is 2.59 bits per heavy atom. The highest BCUT2D eigenvalue weighted by molar-refractivity contribution is 9.10. The summed E-state index contributed by atoms with van der Waals surface area (Å²) in [5, 5.41) is 11.7. The average molecular weight is 302 g/mol. The molecule has 0 fully saturated rings. The highest BCUT2D eigenvalue weighted by Crippen LogP contribution is 2.21. The predicted octanol–water partition coefficient (Wildman–Crippen LogP) is 1.22. The second-order valence-electron chi connectivity index (χ2n) is 3.97. The number of anilines is 1. The van der Waals surface area contributed by atoms with Crippen molar-refractivity contribution in [3.63, 3.8) is 0 Å². The minimum absolute atomic E-state index is 0.0336. The molecule has 1 heterocycles. The van der Waals surface area contributed by atoms with E-state index in [1.807, 2.05) is 0 Å². The lowest BCUT2D eigenvalue weighted by Crippen LogP contribution is -2.45. The van der Waals surface area contributed by atoms with Gasteiger partial charge in [-0.25, -0.2) is 9.78 Å². The Balaban J connectivity index is 3.15. The number of pyridine rings is 1. The number of carboxylic acids is 1. The van der Waals surface area contributed by atoms with Gasteiger partial charge >= 0.3 is 5.97 Å². The number of amides is 1. The highest BCUT2D eigenvalue weighted by atomic mass is 79.9. The monoisotopic (exact) mass is 301 g/mol. The summed E-state index contributed by atoms with van der Waals surface area (Å²) in [6, 6.07) is 1.40.